The number of carbonyl (C=O) groups excluding carboxylic acids is 2. The maximum Gasteiger partial charge on any atom is 0.339 e. The molecule has 50 heavy (non-hydrogen) atoms. The number of ether oxygens (including phenoxy) is 2. The molecule has 0 spiro atoms. The monoisotopic (exact) mass is 730 g/mol. The molecule has 12 nitrogen and oxygen atoms in total. The van der Waals surface area contributed by atoms with Crippen LogP contribution < -0.4 is 0 Å². The zero-order valence-electron chi connectivity index (χ0n) is 25.2. The van der Waals surface area contributed by atoms with Crippen LogP contribution in [0.25, 0.3) is 44.1 Å². The molecule has 0 aliphatic rings. The van der Waals surface area contributed by atoms with Crippen LogP contribution >= 0.6 is 46.9 Å². The molecule has 0 bridgehead atoms. The molecule has 0 atom stereocenters. The van der Waals surface area contributed by atoms with Crippen molar-refractivity contribution >= 4 is 103 Å². The molecule has 16 heteroatoms. The quantitative estimate of drug-likeness (QED) is 0.141. The molecule has 9 aromatic rings. The van der Waals surface area contributed by atoms with Gasteiger partial charge in [-0.15, -0.1) is 0 Å². The van der Waals surface area contributed by atoms with Crippen molar-refractivity contribution in [2.24, 2.45) is 0 Å². The lowest BCUT2D eigenvalue weighted by Crippen LogP contribution is -2.16. The van der Waals surface area contributed by atoms with Crippen molar-refractivity contribution in [3.63, 3.8) is 0 Å². The molecule has 0 radical (unpaired) electrons. The summed E-state index contributed by atoms with van der Waals surface area (Å²) in [5.41, 5.74) is 8.96. The Morgan fingerprint density at radius 1 is 0.400 bits per heavy atom. The topological polar surface area (TPSA) is 156 Å². The lowest BCUT2D eigenvalue weighted by atomic mass is 10.00. The van der Waals surface area contributed by atoms with Crippen molar-refractivity contribution in [2.45, 2.75) is 12.2 Å². The fourth-order valence-electron chi connectivity index (χ4n) is 5.63. The Hall–Kier alpha value is -5.68. The van der Waals surface area contributed by atoms with E-state index in [4.69, 9.17) is 9.47 Å². The molecule has 0 amide bonds. The first-order valence-corrected chi connectivity index (χ1v) is 17.9. The molecule has 242 valence electrons. The average Bonchev–Trinajstić information content (AvgIpc) is 3.98. The Labute approximate surface area is 298 Å². The summed E-state index contributed by atoms with van der Waals surface area (Å²) >= 11 is 4.44. The van der Waals surface area contributed by atoms with Gasteiger partial charge < -0.3 is 9.47 Å². The van der Waals surface area contributed by atoms with Gasteiger partial charge in [0.05, 0.1) is 58.0 Å². The van der Waals surface area contributed by atoms with Gasteiger partial charge in [-0.05, 0) is 89.0 Å². The highest BCUT2D eigenvalue weighted by Crippen LogP contribution is 2.33. The second kappa shape index (κ2) is 12.6. The summed E-state index contributed by atoms with van der Waals surface area (Å²) < 4.78 is 47.0. The van der Waals surface area contributed by atoms with Crippen LogP contribution in [-0.4, -0.2) is 46.9 Å². The van der Waals surface area contributed by atoms with Gasteiger partial charge in [-0.25, -0.2) is 9.59 Å². The zero-order valence-corrected chi connectivity index (χ0v) is 28.5. The first-order chi connectivity index (χ1) is 24.6. The van der Waals surface area contributed by atoms with Gasteiger partial charge in [0.1, 0.15) is 44.1 Å². The van der Waals surface area contributed by atoms with Gasteiger partial charge in [0.2, 0.25) is 0 Å². The van der Waals surface area contributed by atoms with Crippen molar-refractivity contribution < 1.29 is 19.1 Å². The van der Waals surface area contributed by atoms with E-state index in [0.717, 1.165) is 69.0 Å². The molecule has 4 heterocycles. The molecule has 5 aromatic carbocycles. The first kappa shape index (κ1) is 30.4. The summed E-state index contributed by atoms with van der Waals surface area (Å²) in [5, 5.41) is 0. The van der Waals surface area contributed by atoms with E-state index < -0.39 is 24.1 Å². The Kier molecular flexibility index (Phi) is 7.69. The Balaban J connectivity index is 1.03. The molecule has 0 aliphatic heterocycles. The minimum absolute atomic E-state index is 0.179. The standard InChI is InChI=1S/C34H18N8O4S4/c43-33(45-31(17-4-8-23-27(13-17)39-47-35-23)18-5-9-24-28(14-18)40-48-36-24)21-2-1-3-22(12-21)34(44)46-32(19-6-10-25-29(15-19)41-49-37-25)20-7-11-26-30(16-20)42-50-38-26/h1-16,31-32H. The predicted molar refractivity (Wildman–Crippen MR) is 191 cm³/mol. The maximum absolute atomic E-state index is 13.8. The summed E-state index contributed by atoms with van der Waals surface area (Å²) in [4.78, 5) is 27.6. The van der Waals surface area contributed by atoms with Gasteiger partial charge in [-0.2, -0.15) is 35.0 Å². The normalized spacial score (nSPS) is 11.7. The lowest BCUT2D eigenvalue weighted by molar-refractivity contribution is 0.0376. The molecular formula is C34H18N8O4S4. The van der Waals surface area contributed by atoms with Crippen LogP contribution in [0.2, 0.25) is 0 Å². The number of aromatic nitrogens is 8. The molecule has 0 N–H and O–H groups in total. The van der Waals surface area contributed by atoms with Crippen LogP contribution in [0, 0.1) is 0 Å². The second-order valence-corrected chi connectivity index (χ2v) is 13.3. The number of benzene rings is 5. The van der Waals surface area contributed by atoms with Crippen LogP contribution in [0.4, 0.5) is 0 Å². The summed E-state index contributed by atoms with van der Waals surface area (Å²) in [6.07, 6.45) is -1.60. The van der Waals surface area contributed by atoms with E-state index >= 15 is 0 Å². The SMILES string of the molecule is O=C(OC(c1ccc2nsnc2c1)c1ccc2nsnc2c1)c1cccc(C(=O)OC(c2ccc3nsnc3c2)c2ccc3nsnc3c2)c1. The van der Waals surface area contributed by atoms with E-state index in [-0.39, 0.29) is 11.1 Å². The van der Waals surface area contributed by atoms with E-state index in [2.05, 4.69) is 35.0 Å². The first-order valence-electron chi connectivity index (χ1n) is 15.0. The van der Waals surface area contributed by atoms with Gasteiger partial charge in [-0.1, -0.05) is 30.3 Å². The Morgan fingerprint density at radius 2 is 0.700 bits per heavy atom. The smallest absolute Gasteiger partial charge is 0.339 e. The third-order valence-corrected chi connectivity index (χ3v) is 10.3. The van der Waals surface area contributed by atoms with E-state index in [0.29, 0.717) is 44.3 Å². The molecule has 0 aliphatic carbocycles. The van der Waals surface area contributed by atoms with Crippen molar-refractivity contribution in [1.29, 1.82) is 0 Å². The summed E-state index contributed by atoms with van der Waals surface area (Å²) in [6, 6.07) is 28.5. The molecule has 0 saturated carbocycles. The highest BCUT2D eigenvalue weighted by molar-refractivity contribution is 7.00. The molecule has 0 fully saturated rings. The van der Waals surface area contributed by atoms with Gasteiger partial charge >= 0.3 is 11.9 Å². The third-order valence-electron chi connectivity index (χ3n) is 8.11. The molecule has 0 unspecified atom stereocenters. The van der Waals surface area contributed by atoms with Gasteiger partial charge in [0.25, 0.3) is 0 Å². The Bertz CT molecular complexity index is 2390. The number of carbonyl (C=O) groups is 2. The maximum atomic E-state index is 13.8. The number of fused-ring (bicyclic) bond motifs is 4. The molecule has 9 rings (SSSR count). The minimum atomic E-state index is -0.801. The van der Waals surface area contributed by atoms with Crippen LogP contribution in [0.5, 0.6) is 0 Å². The third kappa shape index (κ3) is 5.73. The summed E-state index contributed by atoms with van der Waals surface area (Å²) in [5.74, 6) is -1.26. The van der Waals surface area contributed by atoms with Gasteiger partial charge in [0.15, 0.2) is 12.2 Å². The van der Waals surface area contributed by atoms with Crippen molar-refractivity contribution in [1.82, 2.24) is 35.0 Å². The van der Waals surface area contributed by atoms with E-state index in [1.54, 1.807) is 18.2 Å². The van der Waals surface area contributed by atoms with Crippen LogP contribution in [0.15, 0.2) is 97.1 Å². The minimum Gasteiger partial charge on any atom is -0.449 e. The van der Waals surface area contributed by atoms with E-state index in [1.807, 2.05) is 72.8 Å². The van der Waals surface area contributed by atoms with Crippen molar-refractivity contribution in [3.05, 3.63) is 130 Å². The Morgan fingerprint density at radius 3 is 1.02 bits per heavy atom. The zero-order chi connectivity index (χ0) is 33.6. The molecule has 4 aromatic heterocycles. The van der Waals surface area contributed by atoms with E-state index in [1.165, 1.54) is 6.07 Å². The number of nitrogens with zero attached hydrogens (tertiary/aromatic N) is 8. The lowest BCUT2D eigenvalue weighted by Gasteiger charge is -2.20. The van der Waals surface area contributed by atoms with Crippen molar-refractivity contribution in [2.75, 3.05) is 0 Å². The summed E-state index contributed by atoms with van der Waals surface area (Å²) in [7, 11) is 0. The molecular weight excluding hydrogens is 713 g/mol. The number of rotatable bonds is 8. The highest BCUT2D eigenvalue weighted by Gasteiger charge is 2.25. The summed E-state index contributed by atoms with van der Waals surface area (Å²) in [6.45, 7) is 0. The number of esters is 2. The van der Waals surface area contributed by atoms with Gasteiger partial charge in [0, 0.05) is 0 Å². The van der Waals surface area contributed by atoms with Crippen LogP contribution in [0.3, 0.4) is 0 Å². The van der Waals surface area contributed by atoms with E-state index in [9.17, 15) is 9.59 Å². The number of hydrogen-bond acceptors (Lipinski definition) is 16. The fourth-order valence-corrected chi connectivity index (χ4v) is 7.70. The second-order valence-electron chi connectivity index (χ2n) is 11.2. The van der Waals surface area contributed by atoms with Gasteiger partial charge in [-0.3, -0.25) is 0 Å². The predicted octanol–water partition coefficient (Wildman–Crippen LogP) is 7.60. The molecule has 0 saturated heterocycles. The van der Waals surface area contributed by atoms with Crippen molar-refractivity contribution in [3.8, 4) is 0 Å². The van der Waals surface area contributed by atoms with Crippen LogP contribution in [0.1, 0.15) is 55.2 Å². The highest BCUT2D eigenvalue weighted by atomic mass is 32.1. The average molecular weight is 731 g/mol. The number of hydrogen-bond donors (Lipinski definition) is 0. The van der Waals surface area contributed by atoms with Crippen LogP contribution in [-0.2, 0) is 9.47 Å². The largest absolute Gasteiger partial charge is 0.449 e. The fraction of sp³-hybridized carbons (Fsp3) is 0.0588.